The van der Waals surface area contributed by atoms with Gasteiger partial charge in [0, 0.05) is 24.0 Å². The van der Waals surface area contributed by atoms with Crippen molar-refractivity contribution in [1.29, 1.82) is 0 Å². The van der Waals surface area contributed by atoms with E-state index in [0.29, 0.717) is 18.6 Å². The van der Waals surface area contributed by atoms with Crippen molar-refractivity contribution in [2.45, 2.75) is 51.4 Å². The molecule has 0 bridgehead atoms. The maximum absolute atomic E-state index is 13.7. The Kier molecular flexibility index (Phi) is 2.80. The Morgan fingerprint density at radius 2 is 2.43 bits per heavy atom. The van der Waals surface area contributed by atoms with Crippen LogP contribution in [0.25, 0.3) is 0 Å². The molecule has 1 aliphatic carbocycles. The molecule has 4 atom stereocenters. The van der Waals surface area contributed by atoms with Gasteiger partial charge in [-0.1, -0.05) is 6.92 Å². The highest BCUT2D eigenvalue weighted by atomic mass is 19.1. The summed E-state index contributed by atoms with van der Waals surface area (Å²) in [5.74, 6) is 0. The first-order valence-corrected chi connectivity index (χ1v) is 5.80. The Bertz CT molecular complexity index is 209. The van der Waals surface area contributed by atoms with E-state index in [-0.39, 0.29) is 5.41 Å². The van der Waals surface area contributed by atoms with Crippen LogP contribution in [0.4, 0.5) is 4.39 Å². The Labute approximate surface area is 85.6 Å². The monoisotopic (exact) mass is 200 g/mol. The fourth-order valence-electron chi connectivity index (χ4n) is 2.54. The number of rotatable bonds is 3. The summed E-state index contributed by atoms with van der Waals surface area (Å²) in [6, 6.07) is 0.969. The van der Waals surface area contributed by atoms with Gasteiger partial charge in [0.15, 0.2) is 0 Å². The van der Waals surface area contributed by atoms with E-state index in [1.165, 1.54) is 0 Å². The van der Waals surface area contributed by atoms with Gasteiger partial charge < -0.3 is 10.6 Å². The number of hydrogen-bond donors (Lipinski definition) is 2. The van der Waals surface area contributed by atoms with Crippen LogP contribution in [0.3, 0.4) is 0 Å². The lowest BCUT2D eigenvalue weighted by Crippen LogP contribution is -2.44. The lowest BCUT2D eigenvalue weighted by Gasteiger charge is -2.28. The van der Waals surface area contributed by atoms with Crippen molar-refractivity contribution in [2.75, 3.05) is 13.1 Å². The van der Waals surface area contributed by atoms with Crippen molar-refractivity contribution in [3.63, 3.8) is 0 Å². The third kappa shape index (κ3) is 1.68. The Balaban J connectivity index is 1.88. The fourth-order valence-corrected chi connectivity index (χ4v) is 2.54. The van der Waals surface area contributed by atoms with Gasteiger partial charge in [0.25, 0.3) is 0 Å². The summed E-state index contributed by atoms with van der Waals surface area (Å²) in [5, 5.41) is 6.64. The van der Waals surface area contributed by atoms with Crippen molar-refractivity contribution < 1.29 is 4.39 Å². The average Bonchev–Trinajstić information content (AvgIpc) is 2.85. The predicted octanol–water partition coefficient (Wildman–Crippen LogP) is 1.46. The zero-order valence-electron chi connectivity index (χ0n) is 9.15. The van der Waals surface area contributed by atoms with Gasteiger partial charge in [-0.2, -0.15) is 0 Å². The van der Waals surface area contributed by atoms with E-state index in [1.54, 1.807) is 0 Å². The van der Waals surface area contributed by atoms with Gasteiger partial charge in [0.1, 0.15) is 6.17 Å². The van der Waals surface area contributed by atoms with Gasteiger partial charge in [-0.25, -0.2) is 4.39 Å². The van der Waals surface area contributed by atoms with E-state index in [2.05, 4.69) is 24.5 Å². The smallest absolute Gasteiger partial charge is 0.120 e. The third-order valence-corrected chi connectivity index (χ3v) is 3.93. The molecular weight excluding hydrogens is 179 g/mol. The maximum Gasteiger partial charge on any atom is 0.120 e. The van der Waals surface area contributed by atoms with Crippen LogP contribution >= 0.6 is 0 Å². The summed E-state index contributed by atoms with van der Waals surface area (Å²) < 4.78 is 13.7. The molecule has 2 fully saturated rings. The van der Waals surface area contributed by atoms with Crippen molar-refractivity contribution in [1.82, 2.24) is 10.6 Å². The molecule has 0 aromatic heterocycles. The Morgan fingerprint density at radius 3 is 3.07 bits per heavy atom. The highest BCUT2D eigenvalue weighted by molar-refractivity contribution is 5.14. The number of piperidine rings is 1. The molecule has 0 aromatic carbocycles. The summed E-state index contributed by atoms with van der Waals surface area (Å²) in [6.07, 6.45) is 2.53. The summed E-state index contributed by atoms with van der Waals surface area (Å²) in [6.45, 7) is 5.89. The van der Waals surface area contributed by atoms with Crippen LogP contribution in [-0.2, 0) is 0 Å². The van der Waals surface area contributed by atoms with Crippen molar-refractivity contribution >= 4 is 0 Å². The van der Waals surface area contributed by atoms with Crippen molar-refractivity contribution in [2.24, 2.45) is 5.41 Å². The minimum Gasteiger partial charge on any atom is -0.314 e. The highest BCUT2D eigenvalue weighted by Crippen LogP contribution is 2.54. The fraction of sp³-hybridized carbons (Fsp3) is 1.00. The molecule has 0 radical (unpaired) electrons. The van der Waals surface area contributed by atoms with E-state index < -0.39 is 6.17 Å². The maximum atomic E-state index is 13.7. The molecule has 1 heterocycles. The second-order valence-corrected chi connectivity index (χ2v) is 4.89. The number of hydrogen-bond acceptors (Lipinski definition) is 2. The highest BCUT2D eigenvalue weighted by Gasteiger charge is 2.60. The first kappa shape index (κ1) is 10.4. The van der Waals surface area contributed by atoms with Gasteiger partial charge >= 0.3 is 0 Å². The molecule has 0 aromatic rings. The third-order valence-electron chi connectivity index (χ3n) is 3.93. The largest absolute Gasteiger partial charge is 0.314 e. The number of alkyl halides is 1. The standard InChI is InChI=1S/C11H21FN2/c1-3-8(2)14-10-6-11(10)4-5-13-7-9(11)12/h8-10,13-14H,3-7H2,1-2H3/t8?,9-,10?,11?/m1/s1. The van der Waals surface area contributed by atoms with E-state index in [0.717, 1.165) is 25.8 Å². The molecule has 3 heteroatoms. The number of nitrogens with one attached hydrogen (secondary N) is 2. The second kappa shape index (κ2) is 3.78. The normalized spacial score (nSPS) is 43.9. The van der Waals surface area contributed by atoms with E-state index >= 15 is 0 Å². The van der Waals surface area contributed by atoms with E-state index in [1.807, 2.05) is 0 Å². The summed E-state index contributed by atoms with van der Waals surface area (Å²) >= 11 is 0. The molecule has 0 amide bonds. The Hall–Kier alpha value is -0.150. The molecule has 1 aliphatic heterocycles. The van der Waals surface area contributed by atoms with Gasteiger partial charge in [-0.3, -0.25) is 0 Å². The van der Waals surface area contributed by atoms with Gasteiger partial charge in [0.2, 0.25) is 0 Å². The zero-order chi connectivity index (χ0) is 10.2. The topological polar surface area (TPSA) is 24.1 Å². The molecule has 1 saturated carbocycles. The molecule has 2 rings (SSSR count). The minimum atomic E-state index is -0.641. The van der Waals surface area contributed by atoms with Gasteiger partial charge in [0.05, 0.1) is 0 Å². The van der Waals surface area contributed by atoms with E-state index in [4.69, 9.17) is 0 Å². The summed E-state index contributed by atoms with van der Waals surface area (Å²) in [7, 11) is 0. The van der Waals surface area contributed by atoms with Crippen LogP contribution in [0.15, 0.2) is 0 Å². The number of halogens is 1. The van der Waals surface area contributed by atoms with E-state index in [9.17, 15) is 4.39 Å². The molecular formula is C11H21FN2. The lowest BCUT2D eigenvalue weighted by molar-refractivity contribution is 0.149. The summed E-state index contributed by atoms with van der Waals surface area (Å²) in [5.41, 5.74) is -0.00528. The quantitative estimate of drug-likeness (QED) is 0.721. The van der Waals surface area contributed by atoms with Crippen LogP contribution in [-0.4, -0.2) is 31.3 Å². The molecule has 1 spiro atoms. The predicted molar refractivity (Wildman–Crippen MR) is 56.1 cm³/mol. The molecule has 2 N–H and O–H groups in total. The Morgan fingerprint density at radius 1 is 1.64 bits per heavy atom. The van der Waals surface area contributed by atoms with Gasteiger partial charge in [-0.05, 0) is 32.7 Å². The van der Waals surface area contributed by atoms with Crippen LogP contribution in [0.1, 0.15) is 33.1 Å². The minimum absolute atomic E-state index is 0.00528. The molecule has 2 nitrogen and oxygen atoms in total. The zero-order valence-corrected chi connectivity index (χ0v) is 9.15. The van der Waals surface area contributed by atoms with Crippen LogP contribution < -0.4 is 10.6 Å². The van der Waals surface area contributed by atoms with Crippen LogP contribution in [0, 0.1) is 5.41 Å². The molecule has 2 aliphatic rings. The first-order chi connectivity index (χ1) is 6.69. The van der Waals surface area contributed by atoms with Crippen molar-refractivity contribution in [3.05, 3.63) is 0 Å². The first-order valence-electron chi connectivity index (χ1n) is 5.80. The lowest BCUT2D eigenvalue weighted by atomic mass is 9.91. The van der Waals surface area contributed by atoms with Crippen molar-refractivity contribution in [3.8, 4) is 0 Å². The second-order valence-electron chi connectivity index (χ2n) is 4.89. The van der Waals surface area contributed by atoms with Gasteiger partial charge in [-0.15, -0.1) is 0 Å². The summed E-state index contributed by atoms with van der Waals surface area (Å²) in [4.78, 5) is 0. The van der Waals surface area contributed by atoms with Crippen LogP contribution in [0.2, 0.25) is 0 Å². The molecule has 1 saturated heterocycles. The molecule has 14 heavy (non-hydrogen) atoms. The SMILES string of the molecule is CCC(C)NC1CC12CCNC[C@H]2F. The van der Waals surface area contributed by atoms with Crippen LogP contribution in [0.5, 0.6) is 0 Å². The average molecular weight is 200 g/mol. The molecule has 3 unspecified atom stereocenters. The molecule has 82 valence electrons.